The fourth-order valence-electron chi connectivity index (χ4n) is 2.76. The number of amides is 1. The Balaban J connectivity index is 1.38. The standard InChI is InChI=1S/C20H18N6O3/c1-28-15-8-6-14(7-9-15)20-24-19(29-25-20)11-10-18(27)23-16-4-2-3-5-17(16)26-13-21-12-22-26/h2-9,12-13H,10-11H2,1H3,(H,23,27). The lowest BCUT2D eigenvalue weighted by molar-refractivity contribution is -0.116. The first-order valence-electron chi connectivity index (χ1n) is 8.94. The molecule has 2 heterocycles. The second-order valence-electron chi connectivity index (χ2n) is 6.15. The number of anilines is 1. The van der Waals surface area contributed by atoms with E-state index in [0.29, 0.717) is 23.8 Å². The van der Waals surface area contributed by atoms with Crippen LogP contribution in [0.4, 0.5) is 5.69 Å². The predicted molar refractivity (Wildman–Crippen MR) is 105 cm³/mol. The van der Waals surface area contributed by atoms with Crippen molar-refractivity contribution in [2.24, 2.45) is 0 Å². The molecule has 0 atom stereocenters. The van der Waals surface area contributed by atoms with E-state index in [1.165, 1.54) is 6.33 Å². The van der Waals surface area contributed by atoms with Crippen LogP contribution >= 0.6 is 0 Å². The maximum absolute atomic E-state index is 12.4. The normalized spacial score (nSPS) is 10.7. The highest BCUT2D eigenvalue weighted by Crippen LogP contribution is 2.21. The summed E-state index contributed by atoms with van der Waals surface area (Å²) in [5, 5.41) is 11.0. The molecule has 4 aromatic rings. The zero-order valence-corrected chi connectivity index (χ0v) is 15.6. The third-order valence-corrected chi connectivity index (χ3v) is 4.23. The summed E-state index contributed by atoms with van der Waals surface area (Å²) in [4.78, 5) is 20.7. The molecule has 0 aliphatic rings. The highest BCUT2D eigenvalue weighted by atomic mass is 16.5. The van der Waals surface area contributed by atoms with Gasteiger partial charge < -0.3 is 14.6 Å². The molecule has 1 amide bonds. The second-order valence-corrected chi connectivity index (χ2v) is 6.15. The van der Waals surface area contributed by atoms with Crippen molar-refractivity contribution in [1.29, 1.82) is 0 Å². The number of nitrogens with one attached hydrogen (secondary N) is 1. The predicted octanol–water partition coefficient (Wildman–Crippen LogP) is 2.90. The summed E-state index contributed by atoms with van der Waals surface area (Å²) in [6.45, 7) is 0. The first-order valence-corrected chi connectivity index (χ1v) is 8.94. The molecule has 1 N–H and O–H groups in total. The molecule has 0 saturated heterocycles. The van der Waals surface area contributed by atoms with Crippen molar-refractivity contribution in [3.05, 3.63) is 67.1 Å². The Morgan fingerprint density at radius 2 is 2.00 bits per heavy atom. The van der Waals surface area contributed by atoms with Crippen molar-refractivity contribution >= 4 is 11.6 Å². The van der Waals surface area contributed by atoms with Crippen LogP contribution < -0.4 is 10.1 Å². The van der Waals surface area contributed by atoms with Gasteiger partial charge in [-0.15, -0.1) is 0 Å². The van der Waals surface area contributed by atoms with E-state index in [0.717, 1.165) is 17.0 Å². The third-order valence-electron chi connectivity index (χ3n) is 4.23. The summed E-state index contributed by atoms with van der Waals surface area (Å²) in [6, 6.07) is 14.7. The van der Waals surface area contributed by atoms with Crippen LogP contribution in [0.3, 0.4) is 0 Å². The summed E-state index contributed by atoms with van der Waals surface area (Å²) in [5.41, 5.74) is 2.19. The zero-order chi connectivity index (χ0) is 20.1. The molecule has 0 spiro atoms. The zero-order valence-electron chi connectivity index (χ0n) is 15.6. The number of ether oxygens (including phenoxy) is 1. The minimum atomic E-state index is -0.165. The van der Waals surface area contributed by atoms with Gasteiger partial charge in [0.05, 0.1) is 18.5 Å². The molecule has 4 rings (SSSR count). The fraction of sp³-hybridized carbons (Fsp3) is 0.150. The number of nitrogens with zero attached hydrogens (tertiary/aromatic N) is 5. The topological polar surface area (TPSA) is 108 Å². The molecule has 0 unspecified atom stereocenters. The Kier molecular flexibility index (Phi) is 5.28. The van der Waals surface area contributed by atoms with Crippen LogP contribution in [-0.4, -0.2) is 37.9 Å². The molecule has 29 heavy (non-hydrogen) atoms. The number of rotatable bonds is 7. The van der Waals surface area contributed by atoms with Crippen molar-refractivity contribution in [1.82, 2.24) is 24.9 Å². The molecule has 9 heteroatoms. The van der Waals surface area contributed by atoms with Gasteiger partial charge in [-0.1, -0.05) is 17.3 Å². The van der Waals surface area contributed by atoms with Gasteiger partial charge in [-0.2, -0.15) is 10.1 Å². The van der Waals surface area contributed by atoms with E-state index in [2.05, 4.69) is 25.5 Å². The van der Waals surface area contributed by atoms with Crippen LogP contribution in [0.1, 0.15) is 12.3 Å². The van der Waals surface area contributed by atoms with E-state index < -0.39 is 0 Å². The van der Waals surface area contributed by atoms with Crippen molar-refractivity contribution in [3.63, 3.8) is 0 Å². The van der Waals surface area contributed by atoms with Crippen LogP contribution in [0.25, 0.3) is 17.1 Å². The molecular weight excluding hydrogens is 372 g/mol. The summed E-state index contributed by atoms with van der Waals surface area (Å²) in [5.74, 6) is 1.46. The van der Waals surface area contributed by atoms with Crippen LogP contribution in [0.2, 0.25) is 0 Å². The molecule has 0 aliphatic carbocycles. The van der Waals surface area contributed by atoms with Gasteiger partial charge >= 0.3 is 0 Å². The van der Waals surface area contributed by atoms with Crippen LogP contribution in [0.5, 0.6) is 5.75 Å². The second kappa shape index (κ2) is 8.34. The molecule has 2 aromatic heterocycles. The summed E-state index contributed by atoms with van der Waals surface area (Å²) in [7, 11) is 1.61. The fourth-order valence-corrected chi connectivity index (χ4v) is 2.76. The number of carbonyl (C=O) groups is 1. The monoisotopic (exact) mass is 390 g/mol. The average molecular weight is 390 g/mol. The maximum Gasteiger partial charge on any atom is 0.227 e. The number of hydrogen-bond acceptors (Lipinski definition) is 7. The Morgan fingerprint density at radius 1 is 1.17 bits per heavy atom. The maximum atomic E-state index is 12.4. The van der Waals surface area contributed by atoms with Crippen molar-refractivity contribution in [2.45, 2.75) is 12.8 Å². The van der Waals surface area contributed by atoms with Crippen molar-refractivity contribution in [2.75, 3.05) is 12.4 Å². The number of aryl methyl sites for hydroxylation is 1. The highest BCUT2D eigenvalue weighted by molar-refractivity contribution is 5.92. The van der Waals surface area contributed by atoms with Gasteiger partial charge in [-0.3, -0.25) is 4.79 Å². The first kappa shape index (κ1) is 18.4. The lowest BCUT2D eigenvalue weighted by Gasteiger charge is -2.10. The first-order chi connectivity index (χ1) is 14.2. The number of carbonyl (C=O) groups excluding carboxylic acids is 1. The van der Waals surface area contributed by atoms with Crippen LogP contribution in [0.15, 0.2) is 65.7 Å². The van der Waals surface area contributed by atoms with Gasteiger partial charge in [0.2, 0.25) is 17.6 Å². The van der Waals surface area contributed by atoms with E-state index in [9.17, 15) is 4.79 Å². The number of benzene rings is 2. The van der Waals surface area contributed by atoms with E-state index >= 15 is 0 Å². The lowest BCUT2D eigenvalue weighted by Crippen LogP contribution is -2.14. The van der Waals surface area contributed by atoms with E-state index in [-0.39, 0.29) is 12.3 Å². The minimum Gasteiger partial charge on any atom is -0.497 e. The Hall–Kier alpha value is -4.01. The number of methoxy groups -OCH3 is 1. The van der Waals surface area contributed by atoms with E-state index in [1.807, 2.05) is 48.5 Å². The number of aromatic nitrogens is 5. The quantitative estimate of drug-likeness (QED) is 0.517. The molecule has 0 radical (unpaired) electrons. The SMILES string of the molecule is COc1ccc(-c2noc(CCC(=O)Nc3ccccc3-n3cncn3)n2)cc1. The summed E-state index contributed by atoms with van der Waals surface area (Å²) < 4.78 is 12.0. The number of para-hydroxylation sites is 2. The molecule has 0 aliphatic heterocycles. The van der Waals surface area contributed by atoms with Crippen molar-refractivity contribution < 1.29 is 14.1 Å². The lowest BCUT2D eigenvalue weighted by atomic mass is 10.2. The molecule has 0 bridgehead atoms. The number of hydrogen-bond donors (Lipinski definition) is 1. The molecular formula is C20H18N6O3. The van der Waals surface area contributed by atoms with Gasteiger partial charge in [0.15, 0.2) is 0 Å². The van der Waals surface area contributed by atoms with E-state index in [4.69, 9.17) is 9.26 Å². The Labute approximate surface area is 166 Å². The highest BCUT2D eigenvalue weighted by Gasteiger charge is 2.13. The van der Waals surface area contributed by atoms with Crippen LogP contribution in [0, 0.1) is 0 Å². The molecule has 0 fully saturated rings. The summed E-state index contributed by atoms with van der Waals surface area (Å²) >= 11 is 0. The molecule has 146 valence electrons. The van der Waals surface area contributed by atoms with Gasteiger partial charge in [0, 0.05) is 18.4 Å². The van der Waals surface area contributed by atoms with Gasteiger partial charge in [-0.25, -0.2) is 9.67 Å². The van der Waals surface area contributed by atoms with Gasteiger partial charge in [-0.05, 0) is 36.4 Å². The minimum absolute atomic E-state index is 0.165. The summed E-state index contributed by atoms with van der Waals surface area (Å²) in [6.07, 6.45) is 3.55. The van der Waals surface area contributed by atoms with Gasteiger partial charge in [0.1, 0.15) is 18.4 Å². The average Bonchev–Trinajstić information content (AvgIpc) is 3.45. The largest absolute Gasteiger partial charge is 0.497 e. The third kappa shape index (κ3) is 4.29. The molecule has 0 saturated carbocycles. The van der Waals surface area contributed by atoms with Gasteiger partial charge in [0.25, 0.3) is 0 Å². The Bertz CT molecular complexity index is 1090. The van der Waals surface area contributed by atoms with Crippen LogP contribution in [-0.2, 0) is 11.2 Å². The molecule has 9 nitrogen and oxygen atoms in total. The smallest absolute Gasteiger partial charge is 0.227 e. The Morgan fingerprint density at radius 3 is 2.76 bits per heavy atom. The van der Waals surface area contributed by atoms with E-state index in [1.54, 1.807) is 18.1 Å². The molecule has 2 aromatic carbocycles. The van der Waals surface area contributed by atoms with Crippen molar-refractivity contribution in [3.8, 4) is 22.8 Å².